The fourth-order valence-corrected chi connectivity index (χ4v) is 3.24. The molecule has 16 nitrogen and oxygen atoms in total. The fourth-order valence-electron chi connectivity index (χ4n) is 3.24. The van der Waals surface area contributed by atoms with Crippen molar-refractivity contribution in [2.75, 3.05) is 83.9 Å². The number of carbonyl (C=O) groups is 3. The topological polar surface area (TPSA) is 209 Å². The van der Waals surface area contributed by atoms with Crippen molar-refractivity contribution in [3.8, 4) is 0 Å². The van der Waals surface area contributed by atoms with Crippen molar-refractivity contribution >= 4 is 29.8 Å². The number of hydrogen-bond donors (Lipinski definition) is 3. The highest BCUT2D eigenvalue weighted by molar-refractivity contribution is 6.13. The van der Waals surface area contributed by atoms with Crippen LogP contribution in [0.1, 0.15) is 38.1 Å². The van der Waals surface area contributed by atoms with E-state index < -0.39 is 23.5 Å². The molecule has 0 radical (unpaired) electrons. The molecule has 2 saturated heterocycles. The van der Waals surface area contributed by atoms with Crippen molar-refractivity contribution in [3.05, 3.63) is 33.9 Å². The number of esters is 3. The predicted octanol–water partition coefficient (Wildman–Crippen LogP) is 0.0283. The lowest BCUT2D eigenvalue weighted by Gasteiger charge is -2.26. The number of aromatic nitrogens is 2. The molecule has 3 heterocycles. The van der Waals surface area contributed by atoms with Crippen LogP contribution in [-0.4, -0.2) is 118 Å². The van der Waals surface area contributed by atoms with E-state index in [-0.39, 0.29) is 36.9 Å². The second-order valence-corrected chi connectivity index (χ2v) is 8.18. The van der Waals surface area contributed by atoms with Crippen molar-refractivity contribution in [2.45, 2.75) is 27.7 Å². The highest BCUT2D eigenvalue weighted by atomic mass is 16.6. The third-order valence-electron chi connectivity index (χ3n) is 5.30. The molecule has 0 aliphatic carbocycles. The van der Waals surface area contributed by atoms with E-state index in [2.05, 4.69) is 19.4 Å². The van der Waals surface area contributed by atoms with Gasteiger partial charge in [0.25, 0.3) is 5.56 Å². The molecule has 1 aromatic heterocycles. The number of nitrogens with two attached hydrogens (primary N) is 1. The third-order valence-corrected chi connectivity index (χ3v) is 5.30. The van der Waals surface area contributed by atoms with Gasteiger partial charge in [0.15, 0.2) is 11.5 Å². The molecule has 3 rings (SSSR count). The third kappa shape index (κ3) is 13.0. The second kappa shape index (κ2) is 20.7. The molecule has 0 unspecified atom stereocenters. The number of hydrogen-bond acceptors (Lipinski definition) is 13. The number of carbonyl (C=O) groups excluding carboxylic acids is 3. The standard InChI is InChI=1S/C11H15N3O4.C10H16O5.C5H11N3O/c1-2-18-10(16)8-7-12-11(13-9(8)15)14-3-5-17-6-4-14;1-4-13-7-8(9(11)14-5-2)10(12)15-6-3;6-5(7)8-1-3-9-4-2-8/h7H,2-6H2,1H3,(H,12,13,15);7H,4-6H2,1-3H3;1-4H2,(H3,6,7). The van der Waals surface area contributed by atoms with Crippen molar-refractivity contribution in [1.82, 2.24) is 14.9 Å². The van der Waals surface area contributed by atoms with Gasteiger partial charge in [-0.15, -0.1) is 0 Å². The van der Waals surface area contributed by atoms with Crippen LogP contribution in [0.4, 0.5) is 5.95 Å². The van der Waals surface area contributed by atoms with E-state index in [1.807, 2.05) is 4.90 Å². The molecule has 2 fully saturated rings. The molecule has 0 saturated carbocycles. The van der Waals surface area contributed by atoms with Gasteiger partial charge in [-0.1, -0.05) is 0 Å². The minimum absolute atomic E-state index is 0.0751. The molecule has 0 aromatic carbocycles. The first-order valence-electron chi connectivity index (χ1n) is 13.6. The van der Waals surface area contributed by atoms with Gasteiger partial charge in [-0.2, -0.15) is 0 Å². The molecule has 0 bridgehead atoms. The van der Waals surface area contributed by atoms with Crippen LogP contribution in [0.5, 0.6) is 0 Å². The summed E-state index contributed by atoms with van der Waals surface area (Å²) < 4.78 is 29.3. The average molecular weight is 599 g/mol. The van der Waals surface area contributed by atoms with E-state index in [0.29, 0.717) is 52.1 Å². The van der Waals surface area contributed by atoms with Gasteiger partial charge >= 0.3 is 17.9 Å². The van der Waals surface area contributed by atoms with Gasteiger partial charge in [-0.25, -0.2) is 19.4 Å². The van der Waals surface area contributed by atoms with Gasteiger partial charge in [0.1, 0.15) is 11.8 Å². The molecule has 4 N–H and O–H groups in total. The summed E-state index contributed by atoms with van der Waals surface area (Å²) in [6.07, 6.45) is 2.32. The number of rotatable bonds is 9. The summed E-state index contributed by atoms with van der Waals surface area (Å²) in [4.78, 5) is 56.1. The number of guanidine groups is 1. The number of aromatic amines is 1. The molecule has 16 heteroatoms. The van der Waals surface area contributed by atoms with Crippen molar-refractivity contribution in [1.29, 1.82) is 5.41 Å². The van der Waals surface area contributed by atoms with Gasteiger partial charge in [0.2, 0.25) is 5.95 Å². The maximum absolute atomic E-state index is 11.7. The summed E-state index contributed by atoms with van der Waals surface area (Å²) in [5, 5.41) is 7.04. The van der Waals surface area contributed by atoms with E-state index in [4.69, 9.17) is 30.1 Å². The van der Waals surface area contributed by atoms with E-state index in [0.717, 1.165) is 19.4 Å². The van der Waals surface area contributed by atoms with Gasteiger partial charge in [-0.05, 0) is 27.7 Å². The molecule has 0 amide bonds. The Kier molecular flexibility index (Phi) is 17.6. The fraction of sp³-hybridized carbons (Fsp3) is 0.615. The van der Waals surface area contributed by atoms with Crippen LogP contribution in [0.3, 0.4) is 0 Å². The van der Waals surface area contributed by atoms with E-state index in [1.165, 1.54) is 6.20 Å². The number of anilines is 1. The summed E-state index contributed by atoms with van der Waals surface area (Å²) in [6, 6.07) is 0. The molecule has 2 aliphatic rings. The zero-order valence-corrected chi connectivity index (χ0v) is 24.6. The first kappa shape index (κ1) is 35.8. The van der Waals surface area contributed by atoms with Crippen molar-refractivity contribution in [2.24, 2.45) is 5.73 Å². The number of nitrogens with one attached hydrogen (secondary N) is 2. The van der Waals surface area contributed by atoms with Crippen LogP contribution < -0.4 is 16.2 Å². The highest BCUT2D eigenvalue weighted by Gasteiger charge is 2.21. The largest absolute Gasteiger partial charge is 0.500 e. The maximum Gasteiger partial charge on any atom is 0.348 e. The Morgan fingerprint density at radius 2 is 1.45 bits per heavy atom. The summed E-state index contributed by atoms with van der Waals surface area (Å²) >= 11 is 0. The van der Waals surface area contributed by atoms with E-state index in [1.54, 1.807) is 32.6 Å². The van der Waals surface area contributed by atoms with Gasteiger partial charge in [-0.3, -0.25) is 15.2 Å². The second-order valence-electron chi connectivity index (χ2n) is 8.18. The molecule has 0 spiro atoms. The Balaban J connectivity index is 0.000000332. The molecule has 42 heavy (non-hydrogen) atoms. The molecule has 1 aromatic rings. The lowest BCUT2D eigenvalue weighted by molar-refractivity contribution is -0.146. The Hall–Kier alpha value is -4.18. The maximum atomic E-state index is 11.7. The zero-order chi connectivity index (χ0) is 31.3. The van der Waals surface area contributed by atoms with Crippen LogP contribution >= 0.6 is 0 Å². The van der Waals surface area contributed by atoms with Gasteiger partial charge in [0, 0.05) is 26.2 Å². The molecule has 236 valence electrons. The molecule has 0 atom stereocenters. The monoisotopic (exact) mass is 598 g/mol. The molecule has 2 aliphatic heterocycles. The molecular formula is C26H42N6O10. The van der Waals surface area contributed by atoms with E-state index in [9.17, 15) is 19.2 Å². The minimum atomic E-state index is -0.732. The number of morpholine rings is 2. The van der Waals surface area contributed by atoms with Gasteiger partial charge < -0.3 is 44.0 Å². The summed E-state index contributed by atoms with van der Waals surface area (Å²) in [5.41, 5.74) is 4.44. The number of nitrogens with zero attached hydrogens (tertiary/aromatic N) is 3. The Labute approximate surface area is 244 Å². The van der Waals surface area contributed by atoms with E-state index >= 15 is 0 Å². The van der Waals surface area contributed by atoms with Crippen molar-refractivity contribution in [3.63, 3.8) is 0 Å². The SMILES string of the molecule is CCOC(=O)c1cnc(N2CCOCC2)[nH]c1=O.CCOC=C(C(=O)OCC)C(=O)OCC.N=C(N)N1CCOCC1. The zero-order valence-electron chi connectivity index (χ0n) is 24.6. The number of ether oxygens (including phenoxy) is 6. The van der Waals surface area contributed by atoms with Crippen LogP contribution in [0.25, 0.3) is 0 Å². The first-order valence-corrected chi connectivity index (χ1v) is 13.6. The summed E-state index contributed by atoms with van der Waals surface area (Å²) in [6.45, 7) is 13.2. The Morgan fingerprint density at radius 1 is 0.929 bits per heavy atom. The lowest BCUT2D eigenvalue weighted by Crippen LogP contribution is -2.44. The predicted molar refractivity (Wildman–Crippen MR) is 151 cm³/mol. The van der Waals surface area contributed by atoms with Crippen LogP contribution in [0.2, 0.25) is 0 Å². The molecular weight excluding hydrogens is 556 g/mol. The highest BCUT2D eigenvalue weighted by Crippen LogP contribution is 2.07. The summed E-state index contributed by atoms with van der Waals surface area (Å²) in [5.74, 6) is -1.51. The average Bonchev–Trinajstić information content (AvgIpc) is 2.99. The van der Waals surface area contributed by atoms with Gasteiger partial charge in [0.05, 0.1) is 59.1 Å². The smallest absolute Gasteiger partial charge is 0.348 e. The number of H-pyrrole nitrogens is 1. The quantitative estimate of drug-likeness (QED) is 0.0501. The summed E-state index contributed by atoms with van der Waals surface area (Å²) in [7, 11) is 0. The minimum Gasteiger partial charge on any atom is -0.500 e. The Bertz CT molecular complexity index is 1060. The normalized spacial score (nSPS) is 14.1. The Morgan fingerprint density at radius 3 is 1.88 bits per heavy atom. The van der Waals surface area contributed by atoms with Crippen LogP contribution in [0.15, 0.2) is 22.8 Å². The lowest BCUT2D eigenvalue weighted by atomic mass is 10.3. The van der Waals surface area contributed by atoms with Crippen LogP contribution in [-0.2, 0) is 38.0 Å². The first-order chi connectivity index (χ1) is 20.2. The van der Waals surface area contributed by atoms with Crippen LogP contribution in [0, 0.1) is 5.41 Å². The van der Waals surface area contributed by atoms with Crippen molar-refractivity contribution < 1.29 is 42.8 Å².